The van der Waals surface area contributed by atoms with E-state index in [4.69, 9.17) is 0 Å². The van der Waals surface area contributed by atoms with E-state index in [1.54, 1.807) is 11.4 Å². The van der Waals surface area contributed by atoms with Gasteiger partial charge in [0, 0.05) is 31.2 Å². The maximum absolute atomic E-state index is 13.3. The van der Waals surface area contributed by atoms with Crippen molar-refractivity contribution in [2.75, 3.05) is 11.9 Å². The summed E-state index contributed by atoms with van der Waals surface area (Å²) < 4.78 is 3.21. The number of piperidine rings is 1. The number of likely N-dealkylation sites (tertiary alicyclic amines) is 1. The van der Waals surface area contributed by atoms with Crippen LogP contribution in [0.3, 0.4) is 0 Å². The molecule has 3 heterocycles. The lowest BCUT2D eigenvalue weighted by Crippen LogP contribution is -2.47. The first-order chi connectivity index (χ1) is 17.5. The van der Waals surface area contributed by atoms with E-state index in [0.717, 1.165) is 37.9 Å². The minimum Gasteiger partial charge on any atom is -0.338 e. The first-order valence-corrected chi connectivity index (χ1v) is 13.7. The number of thiophene rings is 1. The van der Waals surface area contributed by atoms with Crippen molar-refractivity contribution < 1.29 is 9.59 Å². The Labute approximate surface area is 214 Å². The molecule has 1 N–H and O–H groups in total. The summed E-state index contributed by atoms with van der Waals surface area (Å²) in [7, 11) is 0. The third-order valence-electron chi connectivity index (χ3n) is 6.89. The molecule has 9 heteroatoms. The number of carbonyl (C=O) groups is 2. The highest BCUT2D eigenvalue weighted by Crippen LogP contribution is 2.21. The van der Waals surface area contributed by atoms with Crippen LogP contribution >= 0.6 is 11.3 Å². The highest BCUT2D eigenvalue weighted by Gasteiger charge is 2.26. The summed E-state index contributed by atoms with van der Waals surface area (Å²) in [5.74, 6) is -0.117. The third-order valence-corrected chi connectivity index (χ3v) is 7.78. The van der Waals surface area contributed by atoms with E-state index in [2.05, 4.69) is 12.2 Å². The van der Waals surface area contributed by atoms with Crippen molar-refractivity contribution in [3.8, 4) is 0 Å². The molecule has 0 unspecified atom stereocenters. The Morgan fingerprint density at radius 3 is 2.61 bits per heavy atom. The standard InChI is InChI=1S/C27H34N4O4S/c1-2-21-13-8-10-16-29(21)24(33)19-31-22-15-18-36-25(22)26(34)30(27(31)35)17-9-4-7-14-23(32)28-20-11-5-3-6-12-20/h3,5-6,11-12,15,18,21H,2,4,7-10,13-14,16-17,19H2,1H3,(H,28,32)/t21-/m0/s1. The summed E-state index contributed by atoms with van der Waals surface area (Å²) >= 11 is 1.30. The Balaban J connectivity index is 1.40. The number of hydrogen-bond acceptors (Lipinski definition) is 5. The van der Waals surface area contributed by atoms with E-state index >= 15 is 0 Å². The summed E-state index contributed by atoms with van der Waals surface area (Å²) in [6, 6.07) is 11.3. The number of nitrogens with one attached hydrogen (secondary N) is 1. The van der Waals surface area contributed by atoms with Crippen molar-refractivity contribution in [3.63, 3.8) is 0 Å². The van der Waals surface area contributed by atoms with Crippen LogP contribution in [-0.4, -0.2) is 38.4 Å². The van der Waals surface area contributed by atoms with E-state index in [-0.39, 0.29) is 36.5 Å². The number of amides is 2. The number of benzene rings is 1. The molecule has 0 radical (unpaired) electrons. The van der Waals surface area contributed by atoms with E-state index in [9.17, 15) is 19.2 Å². The Morgan fingerprint density at radius 1 is 1.03 bits per heavy atom. The monoisotopic (exact) mass is 510 g/mol. The fourth-order valence-corrected chi connectivity index (χ4v) is 5.78. The van der Waals surface area contributed by atoms with Crippen LogP contribution in [0.2, 0.25) is 0 Å². The lowest BCUT2D eigenvalue weighted by atomic mass is 10.00. The molecule has 8 nitrogen and oxygen atoms in total. The second kappa shape index (κ2) is 12.2. The van der Waals surface area contributed by atoms with E-state index in [0.29, 0.717) is 35.9 Å². The number of fused-ring (bicyclic) bond motifs is 1. The molecule has 2 amide bonds. The molecule has 1 aliphatic heterocycles. The van der Waals surface area contributed by atoms with Gasteiger partial charge in [-0.15, -0.1) is 11.3 Å². The zero-order chi connectivity index (χ0) is 25.5. The molecule has 2 aromatic heterocycles. The zero-order valence-electron chi connectivity index (χ0n) is 20.8. The maximum atomic E-state index is 13.3. The van der Waals surface area contributed by atoms with Gasteiger partial charge in [0.1, 0.15) is 11.2 Å². The molecule has 1 aliphatic rings. The maximum Gasteiger partial charge on any atom is 0.332 e. The lowest BCUT2D eigenvalue weighted by Gasteiger charge is -2.35. The van der Waals surface area contributed by atoms with Gasteiger partial charge >= 0.3 is 5.69 Å². The molecule has 36 heavy (non-hydrogen) atoms. The number of unbranched alkanes of at least 4 members (excludes halogenated alkanes) is 2. The van der Waals surface area contributed by atoms with Crippen molar-refractivity contribution in [1.29, 1.82) is 0 Å². The van der Waals surface area contributed by atoms with Gasteiger partial charge in [0.15, 0.2) is 0 Å². The van der Waals surface area contributed by atoms with E-state index in [1.165, 1.54) is 20.5 Å². The van der Waals surface area contributed by atoms with E-state index in [1.807, 2.05) is 35.2 Å². The average molecular weight is 511 g/mol. The van der Waals surface area contributed by atoms with Gasteiger partial charge in [-0.3, -0.25) is 23.5 Å². The van der Waals surface area contributed by atoms with Crippen molar-refractivity contribution in [1.82, 2.24) is 14.0 Å². The van der Waals surface area contributed by atoms with Gasteiger partial charge in [0.2, 0.25) is 11.8 Å². The highest BCUT2D eigenvalue weighted by atomic mass is 32.1. The molecule has 1 saturated heterocycles. The van der Waals surface area contributed by atoms with Gasteiger partial charge in [0.25, 0.3) is 5.56 Å². The number of anilines is 1. The van der Waals surface area contributed by atoms with Crippen LogP contribution in [0.25, 0.3) is 10.2 Å². The average Bonchev–Trinajstić information content (AvgIpc) is 3.38. The molecule has 1 aromatic carbocycles. The predicted molar refractivity (Wildman–Crippen MR) is 144 cm³/mol. The summed E-state index contributed by atoms with van der Waals surface area (Å²) in [6.07, 6.45) is 6.34. The number of rotatable bonds is 10. The van der Waals surface area contributed by atoms with Crippen LogP contribution in [0.15, 0.2) is 51.4 Å². The summed E-state index contributed by atoms with van der Waals surface area (Å²) in [5.41, 5.74) is 0.552. The Kier molecular flexibility index (Phi) is 8.74. The summed E-state index contributed by atoms with van der Waals surface area (Å²) in [6.45, 7) is 3.02. The lowest BCUT2D eigenvalue weighted by molar-refractivity contribution is -0.135. The molecule has 3 aromatic rings. The molecule has 0 bridgehead atoms. The van der Waals surface area contributed by atoms with Gasteiger partial charge in [-0.2, -0.15) is 0 Å². The summed E-state index contributed by atoms with van der Waals surface area (Å²) in [4.78, 5) is 53.6. The predicted octanol–water partition coefficient (Wildman–Crippen LogP) is 4.21. The quantitative estimate of drug-likeness (QED) is 0.414. The normalized spacial score (nSPS) is 15.8. The molecule has 0 aliphatic carbocycles. The first-order valence-electron chi connectivity index (χ1n) is 12.8. The molecule has 0 saturated carbocycles. The SMILES string of the molecule is CC[C@H]1CCCCN1C(=O)Cn1c(=O)n(CCCCCC(=O)Nc2ccccc2)c(=O)c2sccc21. The van der Waals surface area contributed by atoms with Gasteiger partial charge in [-0.25, -0.2) is 4.79 Å². The second-order valence-corrected chi connectivity index (χ2v) is 10.2. The van der Waals surface area contributed by atoms with Gasteiger partial charge in [-0.1, -0.05) is 31.5 Å². The molecule has 192 valence electrons. The third kappa shape index (κ3) is 5.95. The van der Waals surface area contributed by atoms with Crippen molar-refractivity contribution in [2.24, 2.45) is 0 Å². The van der Waals surface area contributed by atoms with Crippen molar-refractivity contribution >= 4 is 39.1 Å². The fourth-order valence-electron chi connectivity index (χ4n) is 4.94. The van der Waals surface area contributed by atoms with Crippen molar-refractivity contribution in [3.05, 3.63) is 62.6 Å². The van der Waals surface area contributed by atoms with Gasteiger partial charge < -0.3 is 10.2 Å². The number of aromatic nitrogens is 2. The topological polar surface area (TPSA) is 93.4 Å². The Bertz CT molecular complexity index is 1310. The largest absolute Gasteiger partial charge is 0.338 e. The molecule has 1 fully saturated rings. The van der Waals surface area contributed by atoms with Crippen LogP contribution in [0.1, 0.15) is 58.3 Å². The molecule has 0 spiro atoms. The first kappa shape index (κ1) is 25.9. The molecule has 4 rings (SSSR count). The second-order valence-electron chi connectivity index (χ2n) is 9.33. The fraction of sp³-hybridized carbons (Fsp3) is 0.481. The van der Waals surface area contributed by atoms with Gasteiger partial charge in [0.05, 0.1) is 5.52 Å². The number of hydrogen-bond donors (Lipinski definition) is 1. The summed E-state index contributed by atoms with van der Waals surface area (Å²) in [5, 5.41) is 4.65. The smallest absolute Gasteiger partial charge is 0.332 e. The molecule has 1 atom stereocenters. The van der Waals surface area contributed by atoms with Crippen LogP contribution in [0, 0.1) is 0 Å². The highest BCUT2D eigenvalue weighted by molar-refractivity contribution is 7.17. The Morgan fingerprint density at radius 2 is 1.83 bits per heavy atom. The minimum absolute atomic E-state index is 0.0531. The van der Waals surface area contributed by atoms with Crippen LogP contribution < -0.4 is 16.6 Å². The van der Waals surface area contributed by atoms with E-state index < -0.39 is 5.69 Å². The van der Waals surface area contributed by atoms with Crippen LogP contribution in [0.5, 0.6) is 0 Å². The van der Waals surface area contributed by atoms with Crippen LogP contribution in [0.4, 0.5) is 5.69 Å². The van der Waals surface area contributed by atoms with Gasteiger partial charge in [-0.05, 0) is 62.1 Å². The molecular weight excluding hydrogens is 476 g/mol. The number of para-hydroxylation sites is 1. The number of nitrogens with zero attached hydrogens (tertiary/aromatic N) is 3. The number of carbonyl (C=O) groups excluding carboxylic acids is 2. The van der Waals surface area contributed by atoms with Crippen LogP contribution in [-0.2, 0) is 22.7 Å². The Hall–Kier alpha value is -3.20. The minimum atomic E-state index is -0.439. The van der Waals surface area contributed by atoms with Crippen molar-refractivity contribution in [2.45, 2.75) is 77.4 Å². The zero-order valence-corrected chi connectivity index (χ0v) is 21.6. The molecular formula is C27H34N4O4S.